The van der Waals surface area contributed by atoms with Crippen LogP contribution in [-0.4, -0.2) is 18.5 Å². The van der Waals surface area contributed by atoms with Gasteiger partial charge in [0.25, 0.3) is 6.43 Å². The number of aromatic hydroxyl groups is 1. The Balaban J connectivity index is 3.59. The first kappa shape index (κ1) is 11.6. The Morgan fingerprint density at radius 3 is 2.40 bits per heavy atom. The molecule has 5 N–H and O–H groups in total. The lowest BCUT2D eigenvalue weighted by Gasteiger charge is -2.08. The lowest BCUT2D eigenvalue weighted by Crippen LogP contribution is -2.15. The van der Waals surface area contributed by atoms with E-state index in [1.807, 2.05) is 0 Å². The molecule has 0 saturated carbocycles. The zero-order chi connectivity index (χ0) is 11.8. The fraction of sp³-hybridized carbons (Fsp3) is 0.167. The van der Waals surface area contributed by atoms with Crippen LogP contribution in [0.15, 0.2) is 11.1 Å². The molecule has 0 aromatic carbocycles. The maximum Gasteiger partial charge on any atom is 0.284 e. The van der Waals surface area contributed by atoms with Crippen molar-refractivity contribution in [3.8, 4) is 5.75 Å². The van der Waals surface area contributed by atoms with Crippen molar-refractivity contribution in [1.82, 2.24) is 4.98 Å². The zero-order valence-electron chi connectivity index (χ0n) is 7.18. The molecule has 0 fully saturated rings. The van der Waals surface area contributed by atoms with Gasteiger partial charge in [-0.05, 0) is 0 Å². The van der Waals surface area contributed by atoms with E-state index < -0.39 is 38.5 Å². The number of rotatable bonds is 2. The molecular weight excluding hydrogens is 232 g/mol. The first-order valence-electron chi connectivity index (χ1n) is 3.53. The van der Waals surface area contributed by atoms with Crippen molar-refractivity contribution in [3.63, 3.8) is 0 Å². The molecule has 0 amide bonds. The van der Waals surface area contributed by atoms with Gasteiger partial charge in [0.05, 0.1) is 11.9 Å². The molecule has 1 aromatic heterocycles. The predicted octanol–water partition coefficient (Wildman–Crippen LogP) is -0.0456. The third kappa shape index (κ3) is 2.13. The van der Waals surface area contributed by atoms with Crippen LogP contribution in [0.25, 0.3) is 0 Å². The Morgan fingerprint density at radius 1 is 1.47 bits per heavy atom. The minimum atomic E-state index is -4.37. The van der Waals surface area contributed by atoms with Crippen LogP contribution in [0, 0.1) is 0 Å². The van der Waals surface area contributed by atoms with Gasteiger partial charge in [0, 0.05) is 0 Å². The highest BCUT2D eigenvalue weighted by molar-refractivity contribution is 7.89. The van der Waals surface area contributed by atoms with Gasteiger partial charge in [-0.25, -0.2) is 27.3 Å². The van der Waals surface area contributed by atoms with Gasteiger partial charge in [0.1, 0.15) is 10.6 Å². The monoisotopic (exact) mass is 239 g/mol. The van der Waals surface area contributed by atoms with Crippen molar-refractivity contribution < 1.29 is 22.3 Å². The van der Waals surface area contributed by atoms with Crippen LogP contribution in [0.5, 0.6) is 5.75 Å². The zero-order valence-corrected chi connectivity index (χ0v) is 8.00. The summed E-state index contributed by atoms with van der Waals surface area (Å²) in [5.74, 6) is -1.22. The average molecular weight is 239 g/mol. The first-order chi connectivity index (χ1) is 6.75. The maximum absolute atomic E-state index is 12.2. The van der Waals surface area contributed by atoms with Gasteiger partial charge in [0.15, 0.2) is 5.75 Å². The first-order valence-corrected chi connectivity index (χ1v) is 5.08. The van der Waals surface area contributed by atoms with E-state index in [0.717, 1.165) is 0 Å². The summed E-state index contributed by atoms with van der Waals surface area (Å²) in [6.45, 7) is 0. The number of nitrogens with two attached hydrogens (primary N) is 2. The Bertz CT molecular complexity index is 489. The van der Waals surface area contributed by atoms with Crippen LogP contribution in [0.4, 0.5) is 14.5 Å². The summed E-state index contributed by atoms with van der Waals surface area (Å²) in [5.41, 5.74) is 3.59. The fourth-order valence-electron chi connectivity index (χ4n) is 0.971. The van der Waals surface area contributed by atoms with E-state index in [9.17, 15) is 22.3 Å². The number of nitrogens with zero attached hydrogens (tertiary/aromatic N) is 1. The van der Waals surface area contributed by atoms with Gasteiger partial charge < -0.3 is 10.8 Å². The summed E-state index contributed by atoms with van der Waals surface area (Å²) in [6.07, 6.45) is -2.42. The summed E-state index contributed by atoms with van der Waals surface area (Å²) in [7, 11) is -4.37. The minimum absolute atomic E-state index is 0.487. The highest BCUT2D eigenvalue weighted by Gasteiger charge is 2.25. The lowest BCUT2D eigenvalue weighted by atomic mass is 10.3. The largest absolute Gasteiger partial charge is 0.504 e. The van der Waals surface area contributed by atoms with Gasteiger partial charge in [-0.1, -0.05) is 0 Å². The van der Waals surface area contributed by atoms with Crippen molar-refractivity contribution in [3.05, 3.63) is 11.9 Å². The van der Waals surface area contributed by atoms with E-state index in [0.29, 0.717) is 6.20 Å². The quantitative estimate of drug-likeness (QED) is 0.668. The normalized spacial score (nSPS) is 12.0. The third-order valence-corrected chi connectivity index (χ3v) is 2.55. The number of primary sulfonamides is 1. The number of hydrogen-bond acceptors (Lipinski definition) is 5. The molecule has 9 heteroatoms. The standard InChI is InChI=1S/C6H7F2N3O3S/c7-6(8)3-4(12)5(15(10,13)14)2(9)1-11-3/h1,6,12H,9H2,(H2,10,13,14). The molecule has 0 aliphatic heterocycles. The van der Waals surface area contributed by atoms with E-state index in [2.05, 4.69) is 10.1 Å². The van der Waals surface area contributed by atoms with Crippen LogP contribution >= 0.6 is 0 Å². The van der Waals surface area contributed by atoms with Crippen LogP contribution in [0.2, 0.25) is 0 Å². The highest BCUT2D eigenvalue weighted by Crippen LogP contribution is 2.34. The molecule has 0 unspecified atom stereocenters. The summed E-state index contributed by atoms with van der Waals surface area (Å²) in [4.78, 5) is 2.17. The second-order valence-electron chi connectivity index (χ2n) is 2.62. The van der Waals surface area contributed by atoms with Crippen LogP contribution in [-0.2, 0) is 10.0 Å². The van der Waals surface area contributed by atoms with E-state index in [4.69, 9.17) is 5.73 Å². The topological polar surface area (TPSA) is 119 Å². The maximum atomic E-state index is 12.2. The Morgan fingerprint density at radius 2 is 2.00 bits per heavy atom. The predicted molar refractivity (Wildman–Crippen MR) is 46.6 cm³/mol. The van der Waals surface area contributed by atoms with Crippen LogP contribution < -0.4 is 10.9 Å². The van der Waals surface area contributed by atoms with Gasteiger partial charge in [-0.15, -0.1) is 0 Å². The van der Waals surface area contributed by atoms with Crippen molar-refractivity contribution in [2.75, 3.05) is 5.73 Å². The van der Waals surface area contributed by atoms with Gasteiger partial charge in [0.2, 0.25) is 10.0 Å². The second-order valence-corrected chi connectivity index (χ2v) is 4.12. The molecule has 0 saturated heterocycles. The molecule has 1 heterocycles. The smallest absolute Gasteiger partial charge is 0.284 e. The number of nitrogen functional groups attached to an aromatic ring is 1. The Labute approximate surface area is 83.6 Å². The SMILES string of the molecule is Nc1cnc(C(F)F)c(O)c1S(N)(=O)=O. The van der Waals surface area contributed by atoms with Crippen molar-refractivity contribution >= 4 is 15.7 Å². The highest BCUT2D eigenvalue weighted by atomic mass is 32.2. The van der Waals surface area contributed by atoms with E-state index in [-0.39, 0.29) is 0 Å². The molecule has 1 aromatic rings. The second kappa shape index (κ2) is 3.59. The molecule has 6 nitrogen and oxygen atoms in total. The number of pyridine rings is 1. The third-order valence-electron chi connectivity index (χ3n) is 1.55. The van der Waals surface area contributed by atoms with Crippen molar-refractivity contribution in [2.45, 2.75) is 11.3 Å². The van der Waals surface area contributed by atoms with Crippen molar-refractivity contribution in [1.29, 1.82) is 0 Å². The Hall–Kier alpha value is -1.48. The molecule has 1 rings (SSSR count). The number of aromatic nitrogens is 1. The molecule has 0 atom stereocenters. The minimum Gasteiger partial charge on any atom is -0.504 e. The van der Waals surface area contributed by atoms with E-state index in [1.165, 1.54) is 0 Å². The molecule has 0 radical (unpaired) electrons. The number of sulfonamides is 1. The molecule has 0 aliphatic rings. The Kier molecular flexibility index (Phi) is 2.77. The van der Waals surface area contributed by atoms with E-state index in [1.54, 1.807) is 0 Å². The van der Waals surface area contributed by atoms with Crippen LogP contribution in [0.1, 0.15) is 12.1 Å². The summed E-state index contributed by atoms with van der Waals surface area (Å²) in [6, 6.07) is 0. The summed E-state index contributed by atoms with van der Waals surface area (Å²) >= 11 is 0. The van der Waals surface area contributed by atoms with Gasteiger partial charge >= 0.3 is 0 Å². The molecule has 0 aliphatic carbocycles. The van der Waals surface area contributed by atoms with Crippen LogP contribution in [0.3, 0.4) is 0 Å². The molecule has 15 heavy (non-hydrogen) atoms. The molecule has 0 bridgehead atoms. The van der Waals surface area contributed by atoms with Crippen molar-refractivity contribution in [2.24, 2.45) is 5.14 Å². The average Bonchev–Trinajstić information content (AvgIpc) is 2.00. The van der Waals surface area contributed by atoms with Gasteiger partial charge in [-0.2, -0.15) is 0 Å². The number of hydrogen-bond donors (Lipinski definition) is 3. The molecule has 0 spiro atoms. The number of anilines is 1. The number of alkyl halides is 2. The lowest BCUT2D eigenvalue weighted by molar-refractivity contribution is 0.141. The molecule has 84 valence electrons. The van der Waals surface area contributed by atoms with E-state index >= 15 is 0 Å². The fourth-order valence-corrected chi connectivity index (χ4v) is 1.73. The number of halogens is 2. The molecular formula is C6H7F2N3O3S. The summed E-state index contributed by atoms with van der Waals surface area (Å²) < 4.78 is 46.3. The van der Waals surface area contributed by atoms with Gasteiger partial charge in [-0.3, -0.25) is 0 Å². The summed E-state index contributed by atoms with van der Waals surface area (Å²) in [5, 5.41) is 13.9.